The Hall–Kier alpha value is 0.210. The lowest BCUT2D eigenvalue weighted by Crippen LogP contribution is -2.48. The first-order chi connectivity index (χ1) is 7.39. The molecule has 1 N–H and O–H groups in total. The molecule has 2 saturated heterocycles. The van der Waals surface area contributed by atoms with Crippen LogP contribution in [0.3, 0.4) is 0 Å². The van der Waals surface area contributed by atoms with Gasteiger partial charge in [-0.15, -0.1) is 12.4 Å². The van der Waals surface area contributed by atoms with Crippen molar-refractivity contribution in [3.63, 3.8) is 0 Å². The molecule has 0 amide bonds. The van der Waals surface area contributed by atoms with Crippen molar-refractivity contribution >= 4 is 12.4 Å². The lowest BCUT2D eigenvalue weighted by Gasteiger charge is -2.44. The van der Waals surface area contributed by atoms with Gasteiger partial charge in [-0.1, -0.05) is 27.7 Å². The fraction of sp³-hybridized carbons (Fsp3) is 1.00. The van der Waals surface area contributed by atoms with E-state index in [1.54, 1.807) is 0 Å². The van der Waals surface area contributed by atoms with Crippen molar-refractivity contribution in [3.05, 3.63) is 0 Å². The Labute approximate surface area is 113 Å². The molecule has 2 heterocycles. The molecule has 17 heavy (non-hydrogen) atoms. The third-order valence-corrected chi connectivity index (χ3v) is 4.18. The second-order valence-corrected chi connectivity index (χ2v) is 7.38. The average molecular weight is 261 g/mol. The van der Waals surface area contributed by atoms with Crippen LogP contribution >= 0.6 is 12.4 Å². The second kappa shape index (κ2) is 5.46. The normalized spacial score (nSPS) is 37.8. The van der Waals surface area contributed by atoms with Gasteiger partial charge in [0.1, 0.15) is 0 Å². The van der Waals surface area contributed by atoms with Crippen LogP contribution in [0.15, 0.2) is 0 Å². The first-order valence-electron chi connectivity index (χ1n) is 6.82. The highest BCUT2D eigenvalue weighted by Crippen LogP contribution is 2.34. The quantitative estimate of drug-likeness (QED) is 0.822. The maximum atomic E-state index is 3.51. The molecule has 0 saturated carbocycles. The summed E-state index contributed by atoms with van der Waals surface area (Å²) in [4.78, 5) is 2.71. The number of hydrogen-bond acceptors (Lipinski definition) is 2. The van der Waals surface area contributed by atoms with Crippen LogP contribution < -0.4 is 5.32 Å². The molecule has 102 valence electrons. The number of hydrogen-bond donors (Lipinski definition) is 1. The smallest absolute Gasteiger partial charge is 0.00483 e. The van der Waals surface area contributed by atoms with E-state index < -0.39 is 0 Å². The molecule has 0 aromatic carbocycles. The highest BCUT2D eigenvalue weighted by molar-refractivity contribution is 5.85. The largest absolute Gasteiger partial charge is 0.316 e. The first-order valence-corrected chi connectivity index (χ1v) is 6.82. The van der Waals surface area contributed by atoms with E-state index in [-0.39, 0.29) is 12.4 Å². The molecule has 0 bridgehead atoms. The average Bonchev–Trinajstić information content (AvgIpc) is 2.47. The Balaban J connectivity index is 0.00000144. The highest BCUT2D eigenvalue weighted by Gasteiger charge is 2.36. The van der Waals surface area contributed by atoms with E-state index in [4.69, 9.17) is 0 Å². The first kappa shape index (κ1) is 15.3. The SMILES string of the molecule is CC1CN(CC2(C)CCNC2)CC(C)(C)C1.Cl. The summed E-state index contributed by atoms with van der Waals surface area (Å²) in [6.45, 7) is 16.0. The fourth-order valence-corrected chi connectivity index (χ4v) is 3.85. The number of piperidine rings is 1. The van der Waals surface area contributed by atoms with Gasteiger partial charge in [0.05, 0.1) is 0 Å². The minimum atomic E-state index is 0. The molecular formula is C14H29ClN2. The summed E-state index contributed by atoms with van der Waals surface area (Å²) in [7, 11) is 0. The van der Waals surface area contributed by atoms with Gasteiger partial charge in [0, 0.05) is 26.2 Å². The molecule has 0 aromatic rings. The van der Waals surface area contributed by atoms with Crippen LogP contribution in [0.25, 0.3) is 0 Å². The number of likely N-dealkylation sites (tertiary alicyclic amines) is 1. The van der Waals surface area contributed by atoms with Gasteiger partial charge in [-0.25, -0.2) is 0 Å². The lowest BCUT2D eigenvalue weighted by molar-refractivity contribution is 0.0513. The Morgan fingerprint density at radius 2 is 2.00 bits per heavy atom. The molecule has 2 atom stereocenters. The molecule has 0 radical (unpaired) electrons. The van der Waals surface area contributed by atoms with Crippen molar-refractivity contribution in [2.75, 3.05) is 32.7 Å². The molecule has 2 aliphatic rings. The standard InChI is InChI=1S/C14H28N2.ClH/c1-12-7-13(2,3)10-16(8-12)11-14(4)5-6-15-9-14;/h12,15H,5-11H2,1-4H3;1H. The molecule has 2 aliphatic heterocycles. The predicted molar refractivity (Wildman–Crippen MR) is 76.8 cm³/mol. The third-order valence-electron chi connectivity index (χ3n) is 4.18. The summed E-state index contributed by atoms with van der Waals surface area (Å²) in [5, 5.41) is 3.51. The van der Waals surface area contributed by atoms with Crippen molar-refractivity contribution < 1.29 is 0 Å². The molecule has 0 aliphatic carbocycles. The minimum absolute atomic E-state index is 0. The van der Waals surface area contributed by atoms with Gasteiger partial charge < -0.3 is 10.2 Å². The van der Waals surface area contributed by atoms with Gasteiger partial charge >= 0.3 is 0 Å². The zero-order chi connectivity index (χ0) is 11.8. The van der Waals surface area contributed by atoms with Gasteiger partial charge in [-0.05, 0) is 36.1 Å². The monoisotopic (exact) mass is 260 g/mol. The zero-order valence-electron chi connectivity index (χ0n) is 11.9. The van der Waals surface area contributed by atoms with E-state index in [0.29, 0.717) is 10.8 Å². The molecular weight excluding hydrogens is 232 g/mol. The van der Waals surface area contributed by atoms with Crippen LogP contribution in [0, 0.1) is 16.7 Å². The molecule has 2 unspecified atom stereocenters. The summed E-state index contributed by atoms with van der Waals surface area (Å²) in [6.07, 6.45) is 2.73. The van der Waals surface area contributed by atoms with E-state index in [1.165, 1.54) is 45.6 Å². The van der Waals surface area contributed by atoms with E-state index in [1.807, 2.05) is 0 Å². The number of rotatable bonds is 2. The Bertz CT molecular complexity index is 247. The highest BCUT2D eigenvalue weighted by atomic mass is 35.5. The summed E-state index contributed by atoms with van der Waals surface area (Å²) in [6, 6.07) is 0. The number of halogens is 1. The van der Waals surface area contributed by atoms with Gasteiger partial charge in [0.25, 0.3) is 0 Å². The molecule has 0 aromatic heterocycles. The number of nitrogens with zero attached hydrogens (tertiary/aromatic N) is 1. The van der Waals surface area contributed by atoms with E-state index in [0.717, 1.165) is 5.92 Å². The van der Waals surface area contributed by atoms with Gasteiger partial charge in [-0.3, -0.25) is 0 Å². The topological polar surface area (TPSA) is 15.3 Å². The van der Waals surface area contributed by atoms with Crippen molar-refractivity contribution in [1.29, 1.82) is 0 Å². The van der Waals surface area contributed by atoms with Crippen molar-refractivity contribution in [2.24, 2.45) is 16.7 Å². The minimum Gasteiger partial charge on any atom is -0.316 e. The summed E-state index contributed by atoms with van der Waals surface area (Å²) >= 11 is 0. The van der Waals surface area contributed by atoms with Crippen molar-refractivity contribution in [1.82, 2.24) is 10.2 Å². The lowest BCUT2D eigenvalue weighted by atomic mass is 9.78. The molecule has 2 nitrogen and oxygen atoms in total. The maximum Gasteiger partial charge on any atom is 0.00483 e. The maximum absolute atomic E-state index is 3.51. The third kappa shape index (κ3) is 4.11. The summed E-state index contributed by atoms with van der Waals surface area (Å²) in [5.74, 6) is 0.863. The predicted octanol–water partition coefficient (Wildman–Crippen LogP) is 2.78. The molecule has 3 heteroatoms. The Morgan fingerprint density at radius 3 is 2.53 bits per heavy atom. The fourth-order valence-electron chi connectivity index (χ4n) is 3.85. The van der Waals surface area contributed by atoms with Crippen LogP contribution in [0.1, 0.15) is 40.5 Å². The van der Waals surface area contributed by atoms with Crippen LogP contribution in [0.4, 0.5) is 0 Å². The van der Waals surface area contributed by atoms with Crippen molar-refractivity contribution in [3.8, 4) is 0 Å². The van der Waals surface area contributed by atoms with Crippen molar-refractivity contribution in [2.45, 2.75) is 40.5 Å². The zero-order valence-corrected chi connectivity index (χ0v) is 12.7. The molecule has 0 spiro atoms. The molecule has 2 fully saturated rings. The summed E-state index contributed by atoms with van der Waals surface area (Å²) in [5.41, 5.74) is 1.03. The van der Waals surface area contributed by atoms with E-state index in [2.05, 4.69) is 37.9 Å². The van der Waals surface area contributed by atoms with Crippen LogP contribution in [-0.4, -0.2) is 37.6 Å². The van der Waals surface area contributed by atoms with Gasteiger partial charge in [0.15, 0.2) is 0 Å². The second-order valence-electron chi connectivity index (χ2n) is 7.38. The van der Waals surface area contributed by atoms with Crippen LogP contribution in [0.5, 0.6) is 0 Å². The van der Waals surface area contributed by atoms with Gasteiger partial charge in [-0.2, -0.15) is 0 Å². The molecule has 2 rings (SSSR count). The van der Waals surface area contributed by atoms with Crippen LogP contribution in [0.2, 0.25) is 0 Å². The summed E-state index contributed by atoms with van der Waals surface area (Å²) < 4.78 is 0. The Morgan fingerprint density at radius 1 is 1.29 bits per heavy atom. The van der Waals surface area contributed by atoms with Gasteiger partial charge in [0.2, 0.25) is 0 Å². The number of nitrogens with one attached hydrogen (secondary N) is 1. The van der Waals surface area contributed by atoms with E-state index in [9.17, 15) is 0 Å². The van der Waals surface area contributed by atoms with Crippen LogP contribution in [-0.2, 0) is 0 Å². The Kier molecular flexibility index (Phi) is 4.90. The van der Waals surface area contributed by atoms with E-state index >= 15 is 0 Å².